The maximum atomic E-state index is 11.4. The van der Waals surface area contributed by atoms with Crippen molar-refractivity contribution in [2.75, 3.05) is 19.7 Å². The van der Waals surface area contributed by atoms with E-state index in [0.717, 1.165) is 25.4 Å². The standard InChI is InChI=1S/C11H19NO2/c1-2-14-11(13)10-7-9(10)8-3-5-12-6-4-8/h8-10,12H,2-7H2,1H3/t9-,10+/m0/s1. The van der Waals surface area contributed by atoms with Crippen molar-refractivity contribution in [1.29, 1.82) is 0 Å². The van der Waals surface area contributed by atoms with E-state index in [2.05, 4.69) is 5.32 Å². The first kappa shape index (κ1) is 9.97. The van der Waals surface area contributed by atoms with Crippen LogP contribution in [-0.2, 0) is 9.53 Å². The highest BCUT2D eigenvalue weighted by Crippen LogP contribution is 2.47. The smallest absolute Gasteiger partial charge is 0.309 e. The lowest BCUT2D eigenvalue weighted by atomic mass is 9.92. The second kappa shape index (κ2) is 4.30. The maximum absolute atomic E-state index is 11.4. The van der Waals surface area contributed by atoms with Crippen molar-refractivity contribution >= 4 is 5.97 Å². The van der Waals surface area contributed by atoms with Gasteiger partial charge in [0.15, 0.2) is 0 Å². The van der Waals surface area contributed by atoms with Crippen molar-refractivity contribution in [2.24, 2.45) is 17.8 Å². The zero-order valence-electron chi connectivity index (χ0n) is 8.79. The Morgan fingerprint density at radius 3 is 2.79 bits per heavy atom. The van der Waals surface area contributed by atoms with E-state index in [4.69, 9.17) is 4.74 Å². The number of carbonyl (C=O) groups excluding carboxylic acids is 1. The number of piperidine rings is 1. The number of ether oxygens (including phenoxy) is 1. The Bertz CT molecular complexity index is 211. The third kappa shape index (κ3) is 2.08. The van der Waals surface area contributed by atoms with Gasteiger partial charge in [0.05, 0.1) is 12.5 Å². The fourth-order valence-electron chi connectivity index (χ4n) is 2.53. The quantitative estimate of drug-likeness (QED) is 0.691. The minimum absolute atomic E-state index is 0.0380. The first-order valence-electron chi connectivity index (χ1n) is 5.70. The molecule has 0 unspecified atom stereocenters. The van der Waals surface area contributed by atoms with Crippen molar-refractivity contribution in [3.63, 3.8) is 0 Å². The minimum Gasteiger partial charge on any atom is -0.466 e. The Labute approximate surface area is 85.2 Å². The van der Waals surface area contributed by atoms with E-state index in [0.29, 0.717) is 12.5 Å². The highest BCUT2D eigenvalue weighted by molar-refractivity contribution is 5.75. The van der Waals surface area contributed by atoms with Crippen LogP contribution >= 0.6 is 0 Å². The summed E-state index contributed by atoms with van der Waals surface area (Å²) >= 11 is 0. The van der Waals surface area contributed by atoms with E-state index in [1.807, 2.05) is 6.92 Å². The molecule has 2 atom stereocenters. The summed E-state index contributed by atoms with van der Waals surface area (Å²) in [7, 11) is 0. The third-order valence-electron chi connectivity index (χ3n) is 3.42. The molecule has 1 saturated heterocycles. The molecule has 2 aliphatic rings. The van der Waals surface area contributed by atoms with Crippen LogP contribution in [0.2, 0.25) is 0 Å². The molecule has 3 nitrogen and oxygen atoms in total. The summed E-state index contributed by atoms with van der Waals surface area (Å²) in [6.45, 7) is 4.64. The molecule has 0 spiro atoms. The van der Waals surface area contributed by atoms with Crippen molar-refractivity contribution in [3.05, 3.63) is 0 Å². The molecule has 3 heteroatoms. The molecule has 0 radical (unpaired) electrons. The number of rotatable bonds is 3. The molecule has 1 N–H and O–H groups in total. The Hall–Kier alpha value is -0.570. The van der Waals surface area contributed by atoms with Gasteiger partial charge in [0.1, 0.15) is 0 Å². The molecule has 0 amide bonds. The van der Waals surface area contributed by atoms with Gasteiger partial charge in [-0.05, 0) is 51.1 Å². The summed E-state index contributed by atoms with van der Waals surface area (Å²) in [5.41, 5.74) is 0. The fourth-order valence-corrected chi connectivity index (χ4v) is 2.53. The molecule has 0 aromatic carbocycles. The van der Waals surface area contributed by atoms with E-state index in [-0.39, 0.29) is 11.9 Å². The van der Waals surface area contributed by atoms with Crippen LogP contribution in [0.3, 0.4) is 0 Å². The maximum Gasteiger partial charge on any atom is 0.309 e. The van der Waals surface area contributed by atoms with Gasteiger partial charge in [0.2, 0.25) is 0 Å². The second-order valence-corrected chi connectivity index (χ2v) is 4.35. The second-order valence-electron chi connectivity index (χ2n) is 4.35. The van der Waals surface area contributed by atoms with E-state index < -0.39 is 0 Å². The van der Waals surface area contributed by atoms with Gasteiger partial charge < -0.3 is 10.1 Å². The molecule has 1 saturated carbocycles. The minimum atomic E-state index is 0.0380. The zero-order valence-corrected chi connectivity index (χ0v) is 8.79. The van der Waals surface area contributed by atoms with Gasteiger partial charge >= 0.3 is 5.97 Å². The van der Waals surface area contributed by atoms with Crippen LogP contribution in [0.25, 0.3) is 0 Å². The van der Waals surface area contributed by atoms with E-state index in [1.54, 1.807) is 0 Å². The molecule has 1 heterocycles. The molecule has 2 fully saturated rings. The Morgan fingerprint density at radius 2 is 2.14 bits per heavy atom. The summed E-state index contributed by atoms with van der Waals surface area (Å²) in [5, 5.41) is 3.35. The lowest BCUT2D eigenvalue weighted by Gasteiger charge is -2.22. The highest BCUT2D eigenvalue weighted by Gasteiger charge is 2.48. The lowest BCUT2D eigenvalue weighted by Crippen LogP contribution is -2.29. The highest BCUT2D eigenvalue weighted by atomic mass is 16.5. The van der Waals surface area contributed by atoms with Gasteiger partial charge in [-0.1, -0.05) is 0 Å². The number of hydrogen-bond donors (Lipinski definition) is 1. The van der Waals surface area contributed by atoms with Gasteiger partial charge in [0, 0.05) is 0 Å². The number of esters is 1. The fraction of sp³-hybridized carbons (Fsp3) is 0.909. The topological polar surface area (TPSA) is 38.3 Å². The van der Waals surface area contributed by atoms with Crippen LogP contribution in [0.15, 0.2) is 0 Å². The van der Waals surface area contributed by atoms with E-state index in [1.165, 1.54) is 12.8 Å². The molecule has 0 aromatic rings. The molecule has 0 bridgehead atoms. The number of nitrogens with one attached hydrogen (secondary N) is 1. The summed E-state index contributed by atoms with van der Waals surface area (Å²) in [6, 6.07) is 0. The van der Waals surface area contributed by atoms with E-state index >= 15 is 0 Å². The number of hydrogen-bond acceptors (Lipinski definition) is 3. The van der Waals surface area contributed by atoms with Gasteiger partial charge in [-0.3, -0.25) is 4.79 Å². The summed E-state index contributed by atoms with van der Waals surface area (Å²) < 4.78 is 5.03. The average Bonchev–Trinajstić information content (AvgIpc) is 2.99. The van der Waals surface area contributed by atoms with Crippen LogP contribution < -0.4 is 5.32 Å². The van der Waals surface area contributed by atoms with Crippen molar-refractivity contribution in [3.8, 4) is 0 Å². The predicted molar refractivity (Wildman–Crippen MR) is 53.8 cm³/mol. The molecular weight excluding hydrogens is 178 g/mol. The normalized spacial score (nSPS) is 32.6. The third-order valence-corrected chi connectivity index (χ3v) is 3.42. The Morgan fingerprint density at radius 1 is 1.43 bits per heavy atom. The van der Waals surface area contributed by atoms with E-state index in [9.17, 15) is 4.79 Å². The van der Waals surface area contributed by atoms with Crippen molar-refractivity contribution < 1.29 is 9.53 Å². The van der Waals surface area contributed by atoms with Crippen LogP contribution in [0, 0.1) is 17.8 Å². The first-order valence-corrected chi connectivity index (χ1v) is 5.70. The Balaban J connectivity index is 1.77. The largest absolute Gasteiger partial charge is 0.466 e. The summed E-state index contributed by atoms with van der Waals surface area (Å²) in [5.74, 6) is 1.68. The summed E-state index contributed by atoms with van der Waals surface area (Å²) in [6.07, 6.45) is 3.55. The van der Waals surface area contributed by atoms with Crippen molar-refractivity contribution in [2.45, 2.75) is 26.2 Å². The first-order chi connectivity index (χ1) is 6.83. The van der Waals surface area contributed by atoms with Gasteiger partial charge in [-0.15, -0.1) is 0 Å². The molecule has 0 aromatic heterocycles. The number of carbonyl (C=O) groups is 1. The van der Waals surface area contributed by atoms with Crippen LogP contribution in [-0.4, -0.2) is 25.7 Å². The van der Waals surface area contributed by atoms with Gasteiger partial charge in [-0.2, -0.15) is 0 Å². The predicted octanol–water partition coefficient (Wildman–Crippen LogP) is 1.19. The lowest BCUT2D eigenvalue weighted by molar-refractivity contribution is -0.145. The van der Waals surface area contributed by atoms with Crippen molar-refractivity contribution in [1.82, 2.24) is 5.32 Å². The SMILES string of the molecule is CCOC(=O)[C@@H]1C[C@H]1C1CCNCC1. The molecule has 2 rings (SSSR count). The van der Waals surface area contributed by atoms with Gasteiger partial charge in [0.25, 0.3) is 0 Å². The molecule has 14 heavy (non-hydrogen) atoms. The summed E-state index contributed by atoms with van der Waals surface area (Å²) in [4.78, 5) is 11.4. The Kier molecular flexibility index (Phi) is 3.06. The average molecular weight is 197 g/mol. The van der Waals surface area contributed by atoms with Crippen LogP contribution in [0.5, 0.6) is 0 Å². The monoisotopic (exact) mass is 197 g/mol. The van der Waals surface area contributed by atoms with Gasteiger partial charge in [-0.25, -0.2) is 0 Å². The zero-order chi connectivity index (χ0) is 9.97. The molecule has 80 valence electrons. The molecule has 1 aliphatic carbocycles. The van der Waals surface area contributed by atoms with Crippen LogP contribution in [0.4, 0.5) is 0 Å². The molecular formula is C11H19NO2. The molecule has 1 aliphatic heterocycles. The van der Waals surface area contributed by atoms with Crippen LogP contribution in [0.1, 0.15) is 26.2 Å².